The smallest absolute Gasteiger partial charge is 0.119 e. The SMILES string of the molecule is C#CC(C)(C)NCc1ccc(OCCC)cc1. The molecule has 0 amide bonds. The molecule has 0 heterocycles. The van der Waals surface area contributed by atoms with Gasteiger partial charge in [-0.05, 0) is 38.0 Å². The van der Waals surface area contributed by atoms with Crippen molar-refractivity contribution in [3.05, 3.63) is 29.8 Å². The van der Waals surface area contributed by atoms with Crippen LogP contribution in [0.5, 0.6) is 5.75 Å². The lowest BCUT2D eigenvalue weighted by Gasteiger charge is -2.19. The van der Waals surface area contributed by atoms with Crippen molar-refractivity contribution in [2.45, 2.75) is 39.3 Å². The maximum absolute atomic E-state index is 5.52. The number of nitrogens with one attached hydrogen (secondary N) is 1. The van der Waals surface area contributed by atoms with E-state index >= 15 is 0 Å². The lowest BCUT2D eigenvalue weighted by atomic mass is 10.1. The van der Waals surface area contributed by atoms with Gasteiger partial charge in [-0.2, -0.15) is 0 Å². The molecule has 0 spiro atoms. The zero-order valence-electron chi connectivity index (χ0n) is 10.9. The molecule has 1 rings (SSSR count). The quantitative estimate of drug-likeness (QED) is 0.760. The first-order chi connectivity index (χ1) is 8.07. The summed E-state index contributed by atoms with van der Waals surface area (Å²) in [5, 5.41) is 3.31. The maximum Gasteiger partial charge on any atom is 0.119 e. The minimum atomic E-state index is -0.266. The molecule has 0 saturated carbocycles. The summed E-state index contributed by atoms with van der Waals surface area (Å²) in [7, 11) is 0. The highest BCUT2D eigenvalue weighted by atomic mass is 16.5. The first kappa shape index (κ1) is 13.6. The van der Waals surface area contributed by atoms with Gasteiger partial charge in [-0.15, -0.1) is 6.42 Å². The molecule has 0 fully saturated rings. The molecule has 0 aromatic heterocycles. The van der Waals surface area contributed by atoms with E-state index in [0.717, 1.165) is 25.3 Å². The van der Waals surface area contributed by atoms with E-state index in [-0.39, 0.29) is 5.54 Å². The fraction of sp³-hybridized carbons (Fsp3) is 0.467. The fourth-order valence-corrected chi connectivity index (χ4v) is 1.30. The highest BCUT2D eigenvalue weighted by Crippen LogP contribution is 2.13. The highest BCUT2D eigenvalue weighted by molar-refractivity contribution is 5.27. The number of hydrogen-bond donors (Lipinski definition) is 1. The third kappa shape index (κ3) is 4.93. The Kier molecular flexibility index (Phi) is 5.06. The average molecular weight is 231 g/mol. The first-order valence-electron chi connectivity index (χ1n) is 6.02. The molecule has 0 saturated heterocycles. The van der Waals surface area contributed by atoms with E-state index in [4.69, 9.17) is 11.2 Å². The summed E-state index contributed by atoms with van der Waals surface area (Å²) in [5.74, 6) is 3.64. The van der Waals surface area contributed by atoms with Gasteiger partial charge in [0.2, 0.25) is 0 Å². The molecule has 0 atom stereocenters. The Bertz CT molecular complexity index is 373. The van der Waals surface area contributed by atoms with E-state index in [1.165, 1.54) is 5.56 Å². The highest BCUT2D eigenvalue weighted by Gasteiger charge is 2.11. The van der Waals surface area contributed by atoms with Crippen LogP contribution >= 0.6 is 0 Å². The maximum atomic E-state index is 5.52. The zero-order chi connectivity index (χ0) is 12.7. The summed E-state index contributed by atoms with van der Waals surface area (Å²) >= 11 is 0. The molecular weight excluding hydrogens is 210 g/mol. The summed E-state index contributed by atoms with van der Waals surface area (Å²) in [6.07, 6.45) is 6.44. The van der Waals surface area contributed by atoms with Gasteiger partial charge in [-0.1, -0.05) is 25.0 Å². The van der Waals surface area contributed by atoms with Crippen molar-refractivity contribution in [1.29, 1.82) is 0 Å². The predicted octanol–water partition coefficient (Wildman–Crippen LogP) is 2.98. The molecule has 17 heavy (non-hydrogen) atoms. The van der Waals surface area contributed by atoms with E-state index in [1.54, 1.807) is 0 Å². The van der Waals surface area contributed by atoms with Crippen molar-refractivity contribution in [2.24, 2.45) is 0 Å². The van der Waals surface area contributed by atoms with Gasteiger partial charge in [0, 0.05) is 6.54 Å². The molecular formula is C15H21NO. The van der Waals surface area contributed by atoms with Gasteiger partial charge >= 0.3 is 0 Å². The van der Waals surface area contributed by atoms with E-state index in [0.29, 0.717) is 0 Å². The van der Waals surface area contributed by atoms with Crippen LogP contribution in [0.3, 0.4) is 0 Å². The molecule has 1 aromatic rings. The van der Waals surface area contributed by atoms with Crippen LogP contribution in [0.15, 0.2) is 24.3 Å². The Morgan fingerprint density at radius 3 is 2.47 bits per heavy atom. The van der Waals surface area contributed by atoms with Gasteiger partial charge < -0.3 is 4.74 Å². The summed E-state index contributed by atoms with van der Waals surface area (Å²) in [6.45, 7) is 7.62. The van der Waals surface area contributed by atoms with Crippen LogP contribution in [0.2, 0.25) is 0 Å². The lowest BCUT2D eigenvalue weighted by molar-refractivity contribution is 0.317. The first-order valence-corrected chi connectivity index (χ1v) is 6.02. The second-order valence-corrected chi connectivity index (χ2v) is 4.62. The largest absolute Gasteiger partial charge is 0.494 e. The molecule has 2 heteroatoms. The Balaban J connectivity index is 2.49. The molecule has 0 unspecified atom stereocenters. The molecule has 1 N–H and O–H groups in total. The molecule has 1 aromatic carbocycles. The minimum absolute atomic E-state index is 0.266. The van der Waals surface area contributed by atoms with Crippen LogP contribution in [-0.4, -0.2) is 12.1 Å². The van der Waals surface area contributed by atoms with Crippen molar-refractivity contribution in [3.8, 4) is 18.1 Å². The van der Waals surface area contributed by atoms with Crippen molar-refractivity contribution in [1.82, 2.24) is 5.32 Å². The third-order valence-corrected chi connectivity index (χ3v) is 2.49. The molecule has 0 aliphatic heterocycles. The molecule has 0 bridgehead atoms. The Morgan fingerprint density at radius 2 is 1.94 bits per heavy atom. The molecule has 92 valence electrons. The standard InChI is InChI=1S/C15H21NO/c1-5-11-17-14-9-7-13(8-10-14)12-16-15(3,4)6-2/h2,7-10,16H,5,11-12H2,1,3-4H3. The number of terminal acetylenes is 1. The van der Waals surface area contributed by atoms with Crippen molar-refractivity contribution in [3.63, 3.8) is 0 Å². The molecule has 0 aliphatic rings. The Labute approximate surface area is 104 Å². The van der Waals surface area contributed by atoms with E-state index in [1.807, 2.05) is 26.0 Å². The number of rotatable bonds is 6. The van der Waals surface area contributed by atoms with Crippen molar-refractivity contribution in [2.75, 3.05) is 6.61 Å². The zero-order valence-corrected chi connectivity index (χ0v) is 10.9. The van der Waals surface area contributed by atoms with Crippen molar-refractivity contribution < 1.29 is 4.74 Å². The third-order valence-electron chi connectivity index (χ3n) is 2.49. The molecule has 0 radical (unpaired) electrons. The Morgan fingerprint density at radius 1 is 1.29 bits per heavy atom. The number of ether oxygens (including phenoxy) is 1. The average Bonchev–Trinajstić information content (AvgIpc) is 2.35. The van der Waals surface area contributed by atoms with Gasteiger partial charge in [-0.25, -0.2) is 0 Å². The number of benzene rings is 1. The minimum Gasteiger partial charge on any atom is -0.494 e. The van der Waals surface area contributed by atoms with Gasteiger partial charge in [-0.3, -0.25) is 5.32 Å². The van der Waals surface area contributed by atoms with Crippen LogP contribution in [0, 0.1) is 12.3 Å². The Hall–Kier alpha value is -1.46. The van der Waals surface area contributed by atoms with Crippen LogP contribution in [0.4, 0.5) is 0 Å². The second kappa shape index (κ2) is 6.32. The van der Waals surface area contributed by atoms with Gasteiger partial charge in [0.15, 0.2) is 0 Å². The summed E-state index contributed by atoms with van der Waals surface area (Å²) in [5.41, 5.74) is 0.939. The monoisotopic (exact) mass is 231 g/mol. The summed E-state index contributed by atoms with van der Waals surface area (Å²) in [6, 6.07) is 8.11. The van der Waals surface area contributed by atoms with Gasteiger partial charge in [0.25, 0.3) is 0 Å². The lowest BCUT2D eigenvalue weighted by Crippen LogP contribution is -2.36. The normalized spacial score (nSPS) is 10.9. The van der Waals surface area contributed by atoms with E-state index in [2.05, 4.69) is 30.3 Å². The van der Waals surface area contributed by atoms with Crippen LogP contribution < -0.4 is 10.1 Å². The van der Waals surface area contributed by atoms with Crippen LogP contribution in [0.1, 0.15) is 32.8 Å². The van der Waals surface area contributed by atoms with Gasteiger partial charge in [0.1, 0.15) is 5.75 Å². The van der Waals surface area contributed by atoms with E-state index < -0.39 is 0 Å². The molecule has 2 nitrogen and oxygen atoms in total. The topological polar surface area (TPSA) is 21.3 Å². The fourth-order valence-electron chi connectivity index (χ4n) is 1.30. The summed E-state index contributed by atoms with van der Waals surface area (Å²) < 4.78 is 5.52. The van der Waals surface area contributed by atoms with Crippen LogP contribution in [0.25, 0.3) is 0 Å². The predicted molar refractivity (Wildman–Crippen MR) is 72.0 cm³/mol. The number of hydrogen-bond acceptors (Lipinski definition) is 2. The molecule has 0 aliphatic carbocycles. The van der Waals surface area contributed by atoms with E-state index in [9.17, 15) is 0 Å². The second-order valence-electron chi connectivity index (χ2n) is 4.62. The summed E-state index contributed by atoms with van der Waals surface area (Å²) in [4.78, 5) is 0. The van der Waals surface area contributed by atoms with Crippen LogP contribution in [-0.2, 0) is 6.54 Å². The van der Waals surface area contributed by atoms with Crippen molar-refractivity contribution >= 4 is 0 Å². The van der Waals surface area contributed by atoms with Gasteiger partial charge in [0.05, 0.1) is 12.1 Å².